The van der Waals surface area contributed by atoms with Crippen molar-refractivity contribution in [1.29, 1.82) is 0 Å². The summed E-state index contributed by atoms with van der Waals surface area (Å²) in [4.78, 5) is 24.2. The molecule has 4 heteroatoms. The van der Waals surface area contributed by atoms with Gasteiger partial charge in [0, 0.05) is 11.5 Å². The van der Waals surface area contributed by atoms with Crippen molar-refractivity contribution < 1.29 is 14.7 Å². The molecule has 3 rings (SSSR count). The number of amides is 1. The minimum Gasteiger partial charge on any atom is -0.479 e. The quantitative estimate of drug-likeness (QED) is 0.912. The number of carboxylic acids is 1. The fourth-order valence-corrected chi connectivity index (χ4v) is 2.94. The van der Waals surface area contributed by atoms with Gasteiger partial charge in [-0.3, -0.25) is 4.79 Å². The first kappa shape index (κ1) is 15.3. The highest BCUT2D eigenvalue weighted by Crippen LogP contribution is 2.51. The van der Waals surface area contributed by atoms with E-state index in [9.17, 15) is 14.7 Å². The number of carbonyl (C=O) groups excluding carboxylic acids is 1. The highest BCUT2D eigenvalue weighted by Gasteiger charge is 2.62. The third kappa shape index (κ3) is 2.72. The Morgan fingerprint density at radius 1 is 1.09 bits per heavy atom. The molecular weight excluding hydrogens is 290 g/mol. The summed E-state index contributed by atoms with van der Waals surface area (Å²) in [5.41, 5.74) is 2.35. The molecule has 0 aliphatic heterocycles. The zero-order valence-electron chi connectivity index (χ0n) is 13.2. The molecule has 4 nitrogen and oxygen atoms in total. The molecule has 0 radical (unpaired) electrons. The van der Waals surface area contributed by atoms with Crippen LogP contribution in [-0.2, 0) is 4.79 Å². The van der Waals surface area contributed by atoms with Crippen molar-refractivity contribution in [2.75, 3.05) is 0 Å². The Labute approximate surface area is 135 Å². The number of hydrogen-bond acceptors (Lipinski definition) is 2. The molecule has 0 aromatic heterocycles. The van der Waals surface area contributed by atoms with E-state index in [-0.39, 0.29) is 11.8 Å². The zero-order chi connectivity index (χ0) is 16.6. The number of benzene rings is 2. The molecule has 1 amide bonds. The Morgan fingerprint density at radius 3 is 2.39 bits per heavy atom. The molecule has 2 aromatic carbocycles. The van der Waals surface area contributed by atoms with E-state index in [2.05, 4.69) is 5.32 Å². The van der Waals surface area contributed by atoms with Crippen LogP contribution in [0.2, 0.25) is 0 Å². The second-order valence-electron chi connectivity index (χ2n) is 6.20. The van der Waals surface area contributed by atoms with Crippen molar-refractivity contribution in [2.24, 2.45) is 0 Å². The summed E-state index contributed by atoms with van der Waals surface area (Å²) < 4.78 is 0. The van der Waals surface area contributed by atoms with Crippen LogP contribution in [0.3, 0.4) is 0 Å². The maximum Gasteiger partial charge on any atom is 0.330 e. The van der Waals surface area contributed by atoms with E-state index in [1.807, 2.05) is 50.2 Å². The van der Waals surface area contributed by atoms with Crippen molar-refractivity contribution in [3.8, 4) is 0 Å². The van der Waals surface area contributed by atoms with E-state index in [4.69, 9.17) is 0 Å². The maximum absolute atomic E-state index is 12.5. The summed E-state index contributed by atoms with van der Waals surface area (Å²) in [6.45, 7) is 3.91. The van der Waals surface area contributed by atoms with Crippen molar-refractivity contribution in [1.82, 2.24) is 5.32 Å². The average molecular weight is 309 g/mol. The van der Waals surface area contributed by atoms with Gasteiger partial charge in [-0.1, -0.05) is 36.4 Å². The van der Waals surface area contributed by atoms with Crippen LogP contribution in [0.4, 0.5) is 0 Å². The maximum atomic E-state index is 12.5. The number of nitrogens with one attached hydrogen (secondary N) is 1. The predicted molar refractivity (Wildman–Crippen MR) is 87.5 cm³/mol. The highest BCUT2D eigenvalue weighted by molar-refractivity contribution is 6.00. The minimum atomic E-state index is -1.20. The van der Waals surface area contributed by atoms with E-state index in [0.717, 1.165) is 16.7 Å². The number of aryl methyl sites for hydroxylation is 2. The van der Waals surface area contributed by atoms with Crippen LogP contribution in [-0.4, -0.2) is 22.5 Å². The summed E-state index contributed by atoms with van der Waals surface area (Å²) >= 11 is 0. The highest BCUT2D eigenvalue weighted by atomic mass is 16.4. The van der Waals surface area contributed by atoms with Crippen LogP contribution in [0.5, 0.6) is 0 Å². The second kappa shape index (κ2) is 5.54. The van der Waals surface area contributed by atoms with Gasteiger partial charge < -0.3 is 10.4 Å². The van der Waals surface area contributed by atoms with Gasteiger partial charge in [0.1, 0.15) is 5.54 Å². The van der Waals surface area contributed by atoms with E-state index in [1.165, 1.54) is 0 Å². The number of rotatable bonds is 4. The van der Waals surface area contributed by atoms with Crippen molar-refractivity contribution in [3.05, 3.63) is 70.8 Å². The number of hydrogen-bond donors (Lipinski definition) is 2. The topological polar surface area (TPSA) is 66.4 Å². The van der Waals surface area contributed by atoms with Gasteiger partial charge in [-0.05, 0) is 49.1 Å². The van der Waals surface area contributed by atoms with Gasteiger partial charge in [-0.2, -0.15) is 0 Å². The lowest BCUT2D eigenvalue weighted by molar-refractivity contribution is -0.140. The molecule has 0 saturated heterocycles. The summed E-state index contributed by atoms with van der Waals surface area (Å²) in [6, 6.07) is 14.8. The van der Waals surface area contributed by atoms with Crippen LogP contribution in [0, 0.1) is 13.8 Å². The van der Waals surface area contributed by atoms with Gasteiger partial charge >= 0.3 is 5.97 Å². The van der Waals surface area contributed by atoms with E-state index in [0.29, 0.717) is 12.0 Å². The van der Waals surface area contributed by atoms with Crippen LogP contribution in [0.25, 0.3) is 0 Å². The van der Waals surface area contributed by atoms with E-state index in [1.54, 1.807) is 12.1 Å². The molecule has 2 aromatic rings. The summed E-state index contributed by atoms with van der Waals surface area (Å²) in [6.07, 6.45) is 0.420. The van der Waals surface area contributed by atoms with Crippen LogP contribution < -0.4 is 5.32 Å². The number of aliphatic carboxylic acids is 1. The smallest absolute Gasteiger partial charge is 0.330 e. The zero-order valence-corrected chi connectivity index (χ0v) is 13.2. The fraction of sp³-hybridized carbons (Fsp3) is 0.263. The Hall–Kier alpha value is -2.62. The monoisotopic (exact) mass is 309 g/mol. The molecule has 0 spiro atoms. The van der Waals surface area contributed by atoms with E-state index < -0.39 is 11.5 Å². The average Bonchev–Trinajstić information content (AvgIpc) is 3.26. The lowest BCUT2D eigenvalue weighted by Gasteiger charge is -2.16. The fourth-order valence-electron chi connectivity index (χ4n) is 2.94. The van der Waals surface area contributed by atoms with Gasteiger partial charge in [-0.25, -0.2) is 4.79 Å². The summed E-state index contributed by atoms with van der Waals surface area (Å²) in [5, 5.41) is 12.4. The Morgan fingerprint density at radius 2 is 1.78 bits per heavy atom. The first-order chi connectivity index (χ1) is 10.9. The van der Waals surface area contributed by atoms with Crippen molar-refractivity contribution in [3.63, 3.8) is 0 Å². The van der Waals surface area contributed by atoms with Gasteiger partial charge in [0.2, 0.25) is 0 Å². The first-order valence-corrected chi connectivity index (χ1v) is 7.62. The molecule has 1 aliphatic carbocycles. The molecule has 2 atom stereocenters. The number of carboxylic acid groups (broad SMARTS) is 1. The Bertz CT molecular complexity index is 769. The molecule has 0 heterocycles. The summed E-state index contributed by atoms with van der Waals surface area (Å²) in [5.74, 6) is -1.51. The third-order valence-electron chi connectivity index (χ3n) is 4.65. The molecule has 23 heavy (non-hydrogen) atoms. The third-order valence-corrected chi connectivity index (χ3v) is 4.65. The van der Waals surface area contributed by atoms with Crippen molar-refractivity contribution >= 4 is 11.9 Å². The lowest BCUT2D eigenvalue weighted by atomic mass is 10.0. The Balaban J connectivity index is 1.83. The largest absolute Gasteiger partial charge is 0.479 e. The second-order valence-corrected chi connectivity index (χ2v) is 6.20. The van der Waals surface area contributed by atoms with Gasteiger partial charge in [0.05, 0.1) is 0 Å². The standard InChI is InChI=1S/C19H19NO3/c1-12-8-9-15(10-13(12)2)17(21)20-19(18(22)23)11-16(19)14-6-4-3-5-7-14/h3-10,16H,11H2,1-2H3,(H,20,21)(H,22,23). The lowest BCUT2D eigenvalue weighted by Crippen LogP contribution is -2.44. The van der Waals surface area contributed by atoms with E-state index >= 15 is 0 Å². The Kier molecular flexibility index (Phi) is 3.68. The predicted octanol–water partition coefficient (Wildman–Crippen LogP) is 3.04. The van der Waals surface area contributed by atoms with Gasteiger partial charge in [0.15, 0.2) is 0 Å². The SMILES string of the molecule is Cc1ccc(C(=O)NC2(C(=O)O)CC2c2ccccc2)cc1C. The molecule has 0 bridgehead atoms. The molecule has 1 aliphatic rings. The van der Waals surface area contributed by atoms with Crippen molar-refractivity contribution in [2.45, 2.75) is 31.7 Å². The molecule has 1 fully saturated rings. The number of carbonyl (C=O) groups is 2. The molecule has 2 unspecified atom stereocenters. The summed E-state index contributed by atoms with van der Waals surface area (Å²) in [7, 11) is 0. The molecule has 2 N–H and O–H groups in total. The molecular formula is C19H19NO3. The van der Waals surface area contributed by atoms with Gasteiger partial charge in [-0.15, -0.1) is 0 Å². The molecule has 118 valence electrons. The van der Waals surface area contributed by atoms with Crippen LogP contribution in [0.1, 0.15) is 39.4 Å². The molecule has 1 saturated carbocycles. The van der Waals surface area contributed by atoms with Crippen LogP contribution in [0.15, 0.2) is 48.5 Å². The first-order valence-electron chi connectivity index (χ1n) is 7.62. The van der Waals surface area contributed by atoms with Crippen LogP contribution >= 0.6 is 0 Å². The normalized spacial score (nSPS) is 22.4. The van der Waals surface area contributed by atoms with Gasteiger partial charge in [0.25, 0.3) is 5.91 Å². The minimum absolute atomic E-state index is 0.184.